The zero-order valence-corrected chi connectivity index (χ0v) is 11.7. The zero-order chi connectivity index (χ0) is 13.5. The summed E-state index contributed by atoms with van der Waals surface area (Å²) in [6.07, 6.45) is 16.5. The highest BCUT2D eigenvalue weighted by atomic mass is 32.2. The van der Waals surface area contributed by atoms with Crippen molar-refractivity contribution < 1.29 is 5.11 Å². The molecule has 1 aliphatic rings. The molecule has 0 unspecified atom stereocenters. The molecule has 0 heterocycles. The van der Waals surface area contributed by atoms with E-state index < -0.39 is 0 Å². The number of nitrogens with zero attached hydrogens (tertiary/aromatic N) is 1. The molecule has 0 aromatic heterocycles. The molecule has 1 aromatic carbocycles. The lowest BCUT2D eigenvalue weighted by Crippen LogP contribution is -1.96. The van der Waals surface area contributed by atoms with Crippen molar-refractivity contribution in [1.82, 2.24) is 0 Å². The molecule has 0 aliphatic heterocycles. The maximum absolute atomic E-state index is 10.1. The van der Waals surface area contributed by atoms with Crippen molar-refractivity contribution in [2.24, 2.45) is 4.99 Å². The van der Waals surface area contributed by atoms with Gasteiger partial charge in [-0.05, 0) is 12.3 Å². The van der Waals surface area contributed by atoms with Gasteiger partial charge >= 0.3 is 0 Å². The quantitative estimate of drug-likeness (QED) is 0.667. The topological polar surface area (TPSA) is 32.6 Å². The van der Waals surface area contributed by atoms with Gasteiger partial charge in [-0.2, -0.15) is 0 Å². The number of hydrogen-bond donors (Lipinski definition) is 1. The summed E-state index contributed by atoms with van der Waals surface area (Å²) in [5.41, 5.74) is 0.912. The van der Waals surface area contributed by atoms with Crippen LogP contribution in [0.1, 0.15) is 5.56 Å². The molecule has 0 atom stereocenters. The summed E-state index contributed by atoms with van der Waals surface area (Å²) >= 11 is 1.55. The molecule has 0 amide bonds. The summed E-state index contributed by atoms with van der Waals surface area (Å²) in [7, 11) is 0. The van der Waals surface area contributed by atoms with Crippen LogP contribution in [0.15, 0.2) is 64.5 Å². The van der Waals surface area contributed by atoms with Gasteiger partial charge in [-0.15, -0.1) is 11.8 Å². The maximum Gasteiger partial charge on any atom is 0.132 e. The Morgan fingerprint density at radius 2 is 1.95 bits per heavy atom. The number of phenolic OH excluding ortho intramolecular Hbond substituents is 1. The van der Waals surface area contributed by atoms with Crippen LogP contribution in [-0.4, -0.2) is 23.6 Å². The number of phenols is 1. The minimum Gasteiger partial charge on any atom is -0.506 e. The standard InChI is InChI=1S/C16H17NOS/c1-19-15-10-6-7-13(16(15)18)11-12-17-14-8-4-2-3-5-9-14/h2-10,12,14,18H,11H2,1H3. The van der Waals surface area contributed by atoms with Crippen molar-refractivity contribution in [2.45, 2.75) is 17.4 Å². The van der Waals surface area contributed by atoms with Gasteiger partial charge in [-0.25, -0.2) is 0 Å². The minimum atomic E-state index is 0.0841. The van der Waals surface area contributed by atoms with Crippen LogP contribution in [0.3, 0.4) is 0 Å². The monoisotopic (exact) mass is 271 g/mol. The fourth-order valence-corrected chi connectivity index (χ4v) is 2.36. The Balaban J connectivity index is 2.02. The van der Waals surface area contributed by atoms with Gasteiger partial charge in [-0.1, -0.05) is 48.6 Å². The predicted octanol–water partition coefficient (Wildman–Crippen LogP) is 3.78. The molecule has 1 aliphatic carbocycles. The summed E-state index contributed by atoms with van der Waals surface area (Å²) < 4.78 is 0. The predicted molar refractivity (Wildman–Crippen MR) is 83.3 cm³/mol. The van der Waals surface area contributed by atoms with Crippen LogP contribution in [-0.2, 0) is 6.42 Å². The fourth-order valence-electron chi connectivity index (χ4n) is 1.82. The van der Waals surface area contributed by atoms with E-state index in [0.717, 1.165) is 10.5 Å². The van der Waals surface area contributed by atoms with Crippen LogP contribution < -0.4 is 0 Å². The molecule has 2 rings (SSSR count). The molecule has 0 saturated carbocycles. The summed E-state index contributed by atoms with van der Waals surface area (Å²) in [6, 6.07) is 5.90. The summed E-state index contributed by atoms with van der Waals surface area (Å²) in [6.45, 7) is 0. The van der Waals surface area contributed by atoms with Crippen LogP contribution in [0, 0.1) is 0 Å². The van der Waals surface area contributed by atoms with Crippen molar-refractivity contribution in [2.75, 3.05) is 6.26 Å². The molecule has 98 valence electrons. The number of aliphatic imine (C=N–C) groups is 1. The zero-order valence-electron chi connectivity index (χ0n) is 10.9. The highest BCUT2D eigenvalue weighted by Gasteiger charge is 2.04. The van der Waals surface area contributed by atoms with Gasteiger partial charge < -0.3 is 5.11 Å². The van der Waals surface area contributed by atoms with E-state index in [1.54, 1.807) is 11.8 Å². The van der Waals surface area contributed by atoms with Gasteiger partial charge in [0.2, 0.25) is 0 Å². The first kappa shape index (κ1) is 13.7. The first-order valence-corrected chi connectivity index (χ1v) is 7.42. The van der Waals surface area contributed by atoms with E-state index in [9.17, 15) is 5.11 Å². The van der Waals surface area contributed by atoms with Crippen molar-refractivity contribution in [3.05, 3.63) is 60.2 Å². The second-order valence-electron chi connectivity index (χ2n) is 4.15. The average molecular weight is 271 g/mol. The summed E-state index contributed by atoms with van der Waals surface area (Å²) in [5.74, 6) is 0.370. The Morgan fingerprint density at radius 1 is 1.21 bits per heavy atom. The van der Waals surface area contributed by atoms with Gasteiger partial charge in [0.05, 0.1) is 6.04 Å². The van der Waals surface area contributed by atoms with Crippen molar-refractivity contribution in [3.63, 3.8) is 0 Å². The van der Waals surface area contributed by atoms with Gasteiger partial charge in [-0.3, -0.25) is 4.99 Å². The Bertz CT molecular complexity index is 528. The average Bonchev–Trinajstić information content (AvgIpc) is 2.69. The molecule has 2 nitrogen and oxygen atoms in total. The lowest BCUT2D eigenvalue weighted by atomic mass is 10.1. The minimum absolute atomic E-state index is 0.0841. The SMILES string of the molecule is CSc1cccc(CC=NC2C=CC=CC=C2)c1O. The maximum atomic E-state index is 10.1. The van der Waals surface area contributed by atoms with Crippen LogP contribution in [0.2, 0.25) is 0 Å². The molecule has 19 heavy (non-hydrogen) atoms. The van der Waals surface area contributed by atoms with Crippen molar-refractivity contribution in [1.29, 1.82) is 0 Å². The van der Waals surface area contributed by atoms with Gasteiger partial charge in [0, 0.05) is 23.1 Å². The number of rotatable bonds is 4. The number of thioether (sulfide) groups is 1. The smallest absolute Gasteiger partial charge is 0.132 e. The van der Waals surface area contributed by atoms with E-state index in [-0.39, 0.29) is 6.04 Å². The Morgan fingerprint density at radius 3 is 2.63 bits per heavy atom. The third-order valence-electron chi connectivity index (χ3n) is 2.84. The van der Waals surface area contributed by atoms with E-state index in [2.05, 4.69) is 4.99 Å². The number of para-hydroxylation sites is 1. The number of aromatic hydroxyl groups is 1. The Hall–Kier alpha value is -1.74. The molecule has 0 radical (unpaired) electrons. The molecule has 1 N–H and O–H groups in total. The lowest BCUT2D eigenvalue weighted by Gasteiger charge is -2.06. The number of benzene rings is 1. The third kappa shape index (κ3) is 3.86. The fraction of sp³-hybridized carbons (Fsp3) is 0.188. The van der Waals surface area contributed by atoms with Crippen LogP contribution in [0.4, 0.5) is 0 Å². The second-order valence-corrected chi connectivity index (χ2v) is 5.00. The summed E-state index contributed by atoms with van der Waals surface area (Å²) in [4.78, 5) is 5.39. The largest absolute Gasteiger partial charge is 0.506 e. The molecule has 0 spiro atoms. The number of hydrogen-bond acceptors (Lipinski definition) is 3. The molecule has 1 aromatic rings. The molecular formula is C16H17NOS. The van der Waals surface area contributed by atoms with Gasteiger partial charge in [0.25, 0.3) is 0 Å². The van der Waals surface area contributed by atoms with E-state index in [0.29, 0.717) is 12.2 Å². The molecule has 3 heteroatoms. The molecule has 0 fully saturated rings. The van der Waals surface area contributed by atoms with Crippen molar-refractivity contribution >= 4 is 18.0 Å². The molecule has 0 saturated heterocycles. The Labute approximate surface area is 118 Å². The van der Waals surface area contributed by atoms with Crippen LogP contribution in [0.5, 0.6) is 5.75 Å². The van der Waals surface area contributed by atoms with Crippen LogP contribution >= 0.6 is 11.8 Å². The number of allylic oxidation sites excluding steroid dienone is 4. The van der Waals surface area contributed by atoms with Crippen molar-refractivity contribution in [3.8, 4) is 5.75 Å². The molecular weight excluding hydrogens is 254 g/mol. The first-order valence-electron chi connectivity index (χ1n) is 6.19. The van der Waals surface area contributed by atoms with Gasteiger partial charge in [0.15, 0.2) is 0 Å². The van der Waals surface area contributed by atoms with E-state index in [4.69, 9.17) is 0 Å². The van der Waals surface area contributed by atoms with E-state index in [1.165, 1.54) is 0 Å². The first-order chi connectivity index (χ1) is 9.31. The van der Waals surface area contributed by atoms with Gasteiger partial charge in [0.1, 0.15) is 5.75 Å². The summed E-state index contributed by atoms with van der Waals surface area (Å²) in [5, 5.41) is 10.1. The highest BCUT2D eigenvalue weighted by molar-refractivity contribution is 7.98. The van der Waals surface area contributed by atoms with Crippen LogP contribution in [0.25, 0.3) is 0 Å². The Kier molecular flexibility index (Phi) is 5.04. The van der Waals surface area contributed by atoms with E-state index >= 15 is 0 Å². The van der Waals surface area contributed by atoms with E-state index in [1.807, 2.05) is 67.1 Å². The molecule has 0 bridgehead atoms. The normalized spacial score (nSPS) is 15.2. The third-order valence-corrected chi connectivity index (χ3v) is 3.61. The lowest BCUT2D eigenvalue weighted by molar-refractivity contribution is 0.457. The highest BCUT2D eigenvalue weighted by Crippen LogP contribution is 2.29. The second kappa shape index (κ2) is 7.00.